The first-order valence-corrected chi connectivity index (χ1v) is 6.65. The van der Waals surface area contributed by atoms with Crippen molar-refractivity contribution >= 4 is 11.9 Å². The molecule has 3 unspecified atom stereocenters. The smallest absolute Gasteiger partial charge is 0.305 e. The SMILES string of the molecule is CC1CC(C(=O)NC(CC(=O)O)C(C)C)CCN1. The maximum absolute atomic E-state index is 12.1. The third-order valence-electron chi connectivity index (χ3n) is 3.52. The molecule has 1 amide bonds. The summed E-state index contributed by atoms with van der Waals surface area (Å²) in [4.78, 5) is 22.9. The van der Waals surface area contributed by atoms with Crippen LogP contribution in [0.5, 0.6) is 0 Å². The van der Waals surface area contributed by atoms with E-state index in [-0.39, 0.29) is 30.2 Å². The van der Waals surface area contributed by atoms with Crippen molar-refractivity contribution < 1.29 is 14.7 Å². The number of amides is 1. The summed E-state index contributed by atoms with van der Waals surface area (Å²) in [7, 11) is 0. The lowest BCUT2D eigenvalue weighted by atomic mass is 9.91. The highest BCUT2D eigenvalue weighted by Crippen LogP contribution is 2.17. The van der Waals surface area contributed by atoms with Crippen LogP contribution in [0.4, 0.5) is 0 Å². The largest absolute Gasteiger partial charge is 0.481 e. The second-order valence-electron chi connectivity index (χ2n) is 5.53. The van der Waals surface area contributed by atoms with Crippen molar-refractivity contribution in [3.8, 4) is 0 Å². The molecule has 1 heterocycles. The molecule has 3 atom stereocenters. The molecule has 0 bridgehead atoms. The topological polar surface area (TPSA) is 78.4 Å². The summed E-state index contributed by atoms with van der Waals surface area (Å²) in [5, 5.41) is 15.0. The van der Waals surface area contributed by atoms with Crippen LogP contribution in [0, 0.1) is 11.8 Å². The van der Waals surface area contributed by atoms with Gasteiger partial charge >= 0.3 is 5.97 Å². The summed E-state index contributed by atoms with van der Waals surface area (Å²) < 4.78 is 0. The fourth-order valence-electron chi connectivity index (χ4n) is 2.31. The van der Waals surface area contributed by atoms with Gasteiger partial charge in [-0.25, -0.2) is 0 Å². The molecule has 104 valence electrons. The van der Waals surface area contributed by atoms with Crippen LogP contribution in [0.2, 0.25) is 0 Å². The van der Waals surface area contributed by atoms with Crippen LogP contribution in [0.15, 0.2) is 0 Å². The van der Waals surface area contributed by atoms with Gasteiger partial charge in [-0.1, -0.05) is 13.8 Å². The Labute approximate surface area is 108 Å². The maximum atomic E-state index is 12.1. The van der Waals surface area contributed by atoms with Crippen LogP contribution < -0.4 is 10.6 Å². The van der Waals surface area contributed by atoms with Gasteiger partial charge in [-0.3, -0.25) is 9.59 Å². The fraction of sp³-hybridized carbons (Fsp3) is 0.846. The number of piperidine rings is 1. The third-order valence-corrected chi connectivity index (χ3v) is 3.52. The first kappa shape index (κ1) is 15.0. The van der Waals surface area contributed by atoms with Gasteiger partial charge in [-0.15, -0.1) is 0 Å². The number of rotatable bonds is 5. The second kappa shape index (κ2) is 6.73. The zero-order valence-corrected chi connectivity index (χ0v) is 11.4. The third kappa shape index (κ3) is 4.64. The first-order chi connectivity index (χ1) is 8.40. The number of aliphatic carboxylic acids is 1. The van der Waals surface area contributed by atoms with Crippen LogP contribution in [0.25, 0.3) is 0 Å². The predicted molar refractivity (Wildman–Crippen MR) is 69.2 cm³/mol. The molecule has 18 heavy (non-hydrogen) atoms. The van der Waals surface area contributed by atoms with E-state index in [2.05, 4.69) is 17.6 Å². The summed E-state index contributed by atoms with van der Waals surface area (Å²) >= 11 is 0. The Balaban J connectivity index is 2.52. The number of carboxylic acids is 1. The average Bonchev–Trinajstić information content (AvgIpc) is 2.27. The molecule has 0 spiro atoms. The van der Waals surface area contributed by atoms with Crippen molar-refractivity contribution in [1.29, 1.82) is 0 Å². The number of hydrogen-bond acceptors (Lipinski definition) is 3. The van der Waals surface area contributed by atoms with Crippen molar-refractivity contribution in [2.75, 3.05) is 6.54 Å². The van der Waals surface area contributed by atoms with Crippen molar-refractivity contribution in [1.82, 2.24) is 10.6 Å². The average molecular weight is 256 g/mol. The lowest BCUT2D eigenvalue weighted by molar-refractivity contribution is -0.138. The van der Waals surface area contributed by atoms with Gasteiger partial charge in [0, 0.05) is 18.0 Å². The highest BCUT2D eigenvalue weighted by molar-refractivity contribution is 5.80. The molecule has 0 aromatic heterocycles. The van der Waals surface area contributed by atoms with E-state index in [4.69, 9.17) is 5.11 Å². The van der Waals surface area contributed by atoms with Crippen LogP contribution in [0.3, 0.4) is 0 Å². The molecule has 1 rings (SSSR count). The van der Waals surface area contributed by atoms with Gasteiger partial charge in [0.15, 0.2) is 0 Å². The number of nitrogens with one attached hydrogen (secondary N) is 2. The molecule has 1 saturated heterocycles. The summed E-state index contributed by atoms with van der Waals surface area (Å²) in [5.41, 5.74) is 0. The lowest BCUT2D eigenvalue weighted by Crippen LogP contribution is -2.47. The molecule has 0 aromatic carbocycles. The van der Waals surface area contributed by atoms with Gasteiger partial charge in [-0.2, -0.15) is 0 Å². The van der Waals surface area contributed by atoms with E-state index in [0.717, 1.165) is 19.4 Å². The Bertz CT molecular complexity index is 305. The first-order valence-electron chi connectivity index (χ1n) is 6.65. The zero-order valence-electron chi connectivity index (χ0n) is 11.4. The van der Waals surface area contributed by atoms with E-state index in [9.17, 15) is 9.59 Å². The molecule has 1 fully saturated rings. The zero-order chi connectivity index (χ0) is 13.7. The fourth-order valence-corrected chi connectivity index (χ4v) is 2.31. The normalized spacial score (nSPS) is 25.8. The van der Waals surface area contributed by atoms with Crippen LogP contribution in [0.1, 0.15) is 40.0 Å². The van der Waals surface area contributed by atoms with E-state index < -0.39 is 5.97 Å². The second-order valence-corrected chi connectivity index (χ2v) is 5.53. The summed E-state index contributed by atoms with van der Waals surface area (Å²) in [6.45, 7) is 6.78. The number of carboxylic acid groups (broad SMARTS) is 1. The molecule has 0 aromatic rings. The Kier molecular flexibility index (Phi) is 5.59. The molecule has 0 saturated carbocycles. The van der Waals surface area contributed by atoms with Crippen LogP contribution in [-0.2, 0) is 9.59 Å². The summed E-state index contributed by atoms with van der Waals surface area (Å²) in [6.07, 6.45) is 1.64. The van der Waals surface area contributed by atoms with Gasteiger partial charge in [0.25, 0.3) is 0 Å². The monoisotopic (exact) mass is 256 g/mol. The van der Waals surface area contributed by atoms with E-state index in [1.165, 1.54) is 0 Å². The van der Waals surface area contributed by atoms with Gasteiger partial charge in [0.05, 0.1) is 6.42 Å². The van der Waals surface area contributed by atoms with Gasteiger partial charge in [-0.05, 0) is 32.2 Å². The molecule has 3 N–H and O–H groups in total. The molecule has 0 radical (unpaired) electrons. The van der Waals surface area contributed by atoms with Gasteiger partial charge in [0.1, 0.15) is 0 Å². The Morgan fingerprint density at radius 1 is 1.44 bits per heavy atom. The predicted octanol–water partition coefficient (Wildman–Crippen LogP) is 0.990. The van der Waals surface area contributed by atoms with Gasteiger partial charge < -0.3 is 15.7 Å². The number of hydrogen-bond donors (Lipinski definition) is 3. The van der Waals surface area contributed by atoms with Crippen molar-refractivity contribution in [2.24, 2.45) is 11.8 Å². The molecular formula is C13H24N2O3. The van der Waals surface area contributed by atoms with E-state index in [0.29, 0.717) is 6.04 Å². The van der Waals surface area contributed by atoms with E-state index in [1.807, 2.05) is 13.8 Å². The minimum atomic E-state index is -0.868. The standard InChI is InChI=1S/C13H24N2O3/c1-8(2)11(7-12(16)17)15-13(18)10-4-5-14-9(3)6-10/h8-11,14H,4-7H2,1-3H3,(H,15,18)(H,16,17). The molecular weight excluding hydrogens is 232 g/mol. The Morgan fingerprint density at radius 2 is 2.11 bits per heavy atom. The van der Waals surface area contributed by atoms with E-state index >= 15 is 0 Å². The van der Waals surface area contributed by atoms with Crippen LogP contribution in [-0.4, -0.2) is 35.6 Å². The van der Waals surface area contributed by atoms with Gasteiger partial charge in [0.2, 0.25) is 5.91 Å². The van der Waals surface area contributed by atoms with E-state index in [1.54, 1.807) is 0 Å². The molecule has 1 aliphatic heterocycles. The minimum Gasteiger partial charge on any atom is -0.481 e. The minimum absolute atomic E-state index is 0.00306. The number of carbonyl (C=O) groups excluding carboxylic acids is 1. The Morgan fingerprint density at radius 3 is 2.61 bits per heavy atom. The highest BCUT2D eigenvalue weighted by atomic mass is 16.4. The summed E-state index contributed by atoms with van der Waals surface area (Å²) in [5.74, 6) is -0.725. The van der Waals surface area contributed by atoms with Crippen LogP contribution >= 0.6 is 0 Å². The molecule has 5 nitrogen and oxygen atoms in total. The Hall–Kier alpha value is -1.10. The van der Waals surface area contributed by atoms with Crippen molar-refractivity contribution in [3.05, 3.63) is 0 Å². The molecule has 0 aliphatic carbocycles. The quantitative estimate of drug-likeness (QED) is 0.685. The summed E-state index contributed by atoms with van der Waals surface area (Å²) in [6, 6.07) is 0.0756. The van der Waals surface area contributed by atoms with Crippen molar-refractivity contribution in [2.45, 2.75) is 52.1 Å². The number of carbonyl (C=O) groups is 2. The highest BCUT2D eigenvalue weighted by Gasteiger charge is 2.27. The van der Waals surface area contributed by atoms with Crippen molar-refractivity contribution in [3.63, 3.8) is 0 Å². The maximum Gasteiger partial charge on any atom is 0.305 e. The molecule has 1 aliphatic rings. The molecule has 5 heteroatoms. The lowest BCUT2D eigenvalue weighted by Gasteiger charge is -2.29.